The van der Waals surface area contributed by atoms with Crippen LogP contribution in [0, 0.1) is 6.92 Å². The molecule has 0 fully saturated rings. The summed E-state index contributed by atoms with van der Waals surface area (Å²) in [5.74, 6) is 0.403. The Kier molecular flexibility index (Phi) is 9.42. The first-order valence-electron chi connectivity index (χ1n) is 10.9. The van der Waals surface area contributed by atoms with E-state index in [4.69, 9.17) is 4.42 Å². The Bertz CT molecular complexity index is 1090. The summed E-state index contributed by atoms with van der Waals surface area (Å²) in [7, 11) is 3.88. The van der Waals surface area contributed by atoms with E-state index >= 15 is 0 Å². The quantitative estimate of drug-likeness (QED) is 0.309. The number of aliphatic imine (C=N–C) groups is 1. The average Bonchev–Trinajstić information content (AvgIpc) is 3.29. The second-order valence-electron chi connectivity index (χ2n) is 7.37. The highest BCUT2D eigenvalue weighted by Crippen LogP contribution is 2.27. The van der Waals surface area contributed by atoms with E-state index in [1.54, 1.807) is 18.3 Å². The monoisotopic (exact) mass is 447 g/mol. The van der Waals surface area contributed by atoms with Crippen molar-refractivity contribution in [2.45, 2.75) is 26.7 Å². The van der Waals surface area contributed by atoms with E-state index in [9.17, 15) is 4.79 Å². The number of anilines is 4. The predicted molar refractivity (Wildman–Crippen MR) is 138 cm³/mol. The number of hydrogen-bond acceptors (Lipinski definition) is 6. The molecular weight excluding hydrogens is 414 g/mol. The minimum Gasteiger partial charge on any atom is -0.428 e. The molecule has 0 spiro atoms. The molecule has 0 aliphatic heterocycles. The van der Waals surface area contributed by atoms with Crippen molar-refractivity contribution < 1.29 is 9.21 Å². The number of carbonyl (C=O) groups is 1. The molecule has 0 aliphatic carbocycles. The molecule has 1 unspecified atom stereocenters. The number of nitrogens with zero attached hydrogens (tertiary/aromatic N) is 3. The van der Waals surface area contributed by atoms with Crippen LogP contribution in [0.3, 0.4) is 0 Å². The zero-order chi connectivity index (χ0) is 24.4. The van der Waals surface area contributed by atoms with Crippen LogP contribution in [0.1, 0.15) is 41.4 Å². The van der Waals surface area contributed by atoms with Gasteiger partial charge in [-0.1, -0.05) is 32.1 Å². The van der Waals surface area contributed by atoms with E-state index < -0.39 is 0 Å². The molecule has 3 rings (SSSR count). The third kappa shape index (κ3) is 6.80. The number of amides is 1. The minimum atomic E-state index is -0.178. The molecule has 7 heteroatoms. The van der Waals surface area contributed by atoms with E-state index in [-0.39, 0.29) is 11.8 Å². The molecular formula is C26H33N5O2. The van der Waals surface area contributed by atoms with Crippen molar-refractivity contribution in [1.82, 2.24) is 4.98 Å². The Morgan fingerprint density at radius 3 is 2.67 bits per heavy atom. The maximum absolute atomic E-state index is 12.7. The fourth-order valence-electron chi connectivity index (χ4n) is 3.01. The lowest BCUT2D eigenvalue weighted by molar-refractivity contribution is 0.102. The average molecular weight is 448 g/mol. The Morgan fingerprint density at radius 2 is 2.00 bits per heavy atom. The van der Waals surface area contributed by atoms with E-state index in [1.165, 1.54) is 0 Å². The summed E-state index contributed by atoms with van der Waals surface area (Å²) in [5, 5.41) is 6.12. The Hall–Kier alpha value is -3.87. The molecule has 3 aromatic rings. The van der Waals surface area contributed by atoms with Crippen molar-refractivity contribution >= 4 is 35.7 Å². The Morgan fingerprint density at radius 1 is 1.24 bits per heavy atom. The highest BCUT2D eigenvalue weighted by Gasteiger charge is 2.14. The topological polar surface area (TPSA) is 82.8 Å². The SMILES string of the molecule is C=CC(CN=C)c1cnc(Nc2cc(NC(=O)c3cccc(N(C)C)c3)ccc2C)o1.CC. The summed E-state index contributed by atoms with van der Waals surface area (Å²) in [6.07, 6.45) is 3.41. The van der Waals surface area contributed by atoms with Crippen molar-refractivity contribution in [1.29, 1.82) is 0 Å². The van der Waals surface area contributed by atoms with Crippen LogP contribution < -0.4 is 15.5 Å². The van der Waals surface area contributed by atoms with Crippen molar-refractivity contribution in [2.75, 3.05) is 36.2 Å². The van der Waals surface area contributed by atoms with Gasteiger partial charge in [0.15, 0.2) is 0 Å². The number of aromatic nitrogens is 1. The van der Waals surface area contributed by atoms with Gasteiger partial charge >= 0.3 is 0 Å². The zero-order valence-corrected chi connectivity index (χ0v) is 20.1. The second kappa shape index (κ2) is 12.2. The third-order valence-corrected chi connectivity index (χ3v) is 4.86. The highest BCUT2D eigenvalue weighted by atomic mass is 16.4. The van der Waals surface area contributed by atoms with E-state index in [1.807, 2.05) is 76.2 Å². The lowest BCUT2D eigenvalue weighted by atomic mass is 10.1. The lowest BCUT2D eigenvalue weighted by Crippen LogP contribution is -2.14. The van der Waals surface area contributed by atoms with Crippen LogP contribution >= 0.6 is 0 Å². The Labute approximate surface area is 196 Å². The van der Waals surface area contributed by atoms with Gasteiger partial charge in [-0.2, -0.15) is 0 Å². The third-order valence-electron chi connectivity index (χ3n) is 4.86. The number of carbonyl (C=O) groups excluding carboxylic acids is 1. The summed E-state index contributed by atoms with van der Waals surface area (Å²) < 4.78 is 5.80. The molecule has 33 heavy (non-hydrogen) atoms. The van der Waals surface area contributed by atoms with Crippen LogP contribution in [0.15, 0.2) is 70.7 Å². The standard InChI is InChI=1S/C24H27N5O2.C2H6/c1-6-17(14-25-3)22-15-26-24(31-22)28-21-13-19(11-10-16(21)2)27-23(30)18-8-7-9-20(12-18)29(4)5;1-2/h6-13,15,17H,1,3,14H2,2,4-5H3,(H,26,28)(H,27,30);1-2H3. The van der Waals surface area contributed by atoms with Gasteiger partial charge in [0.25, 0.3) is 11.9 Å². The zero-order valence-electron chi connectivity index (χ0n) is 20.1. The van der Waals surface area contributed by atoms with Gasteiger partial charge in [-0.25, -0.2) is 4.98 Å². The number of benzene rings is 2. The van der Waals surface area contributed by atoms with Crippen LogP contribution in [0.25, 0.3) is 0 Å². The van der Waals surface area contributed by atoms with Crippen LogP contribution in [-0.4, -0.2) is 38.2 Å². The fraction of sp³-hybridized carbons (Fsp3) is 0.269. The first kappa shape index (κ1) is 25.4. The summed E-state index contributed by atoms with van der Waals surface area (Å²) in [5.41, 5.74) is 3.98. The summed E-state index contributed by atoms with van der Waals surface area (Å²) >= 11 is 0. The van der Waals surface area contributed by atoms with Gasteiger partial charge in [-0.05, 0) is 49.5 Å². The second-order valence-corrected chi connectivity index (χ2v) is 7.37. The summed E-state index contributed by atoms with van der Waals surface area (Å²) in [6, 6.07) is 13.5. The molecule has 0 radical (unpaired) electrons. The highest BCUT2D eigenvalue weighted by molar-refractivity contribution is 6.05. The fourth-order valence-corrected chi connectivity index (χ4v) is 3.01. The van der Waals surface area contributed by atoms with Gasteiger partial charge in [0.05, 0.1) is 18.7 Å². The van der Waals surface area contributed by atoms with E-state index in [0.717, 1.165) is 16.9 Å². The molecule has 0 bridgehead atoms. The molecule has 1 heterocycles. The van der Waals surface area contributed by atoms with Crippen LogP contribution in [-0.2, 0) is 0 Å². The van der Waals surface area contributed by atoms with Gasteiger partial charge in [0.1, 0.15) is 5.76 Å². The van der Waals surface area contributed by atoms with Crippen molar-refractivity contribution in [3.8, 4) is 0 Å². The van der Waals surface area contributed by atoms with Gasteiger partial charge in [0, 0.05) is 36.7 Å². The molecule has 0 saturated heterocycles. The molecule has 0 saturated carbocycles. The minimum absolute atomic E-state index is 0.0785. The van der Waals surface area contributed by atoms with Gasteiger partial charge in [0.2, 0.25) is 0 Å². The molecule has 0 aliphatic rings. The number of nitrogens with one attached hydrogen (secondary N) is 2. The molecule has 7 nitrogen and oxygen atoms in total. The molecule has 1 atom stereocenters. The predicted octanol–water partition coefficient (Wildman–Crippen LogP) is 6.04. The first-order valence-corrected chi connectivity index (χ1v) is 10.9. The van der Waals surface area contributed by atoms with Crippen LogP contribution in [0.4, 0.5) is 23.1 Å². The van der Waals surface area contributed by atoms with Crippen molar-refractivity contribution in [2.24, 2.45) is 4.99 Å². The first-order chi connectivity index (χ1) is 15.9. The largest absolute Gasteiger partial charge is 0.428 e. The van der Waals surface area contributed by atoms with Crippen molar-refractivity contribution in [3.05, 3.63) is 78.2 Å². The molecule has 174 valence electrons. The molecule has 2 N–H and O–H groups in total. The van der Waals surface area contributed by atoms with E-state index in [0.29, 0.717) is 29.6 Å². The van der Waals surface area contributed by atoms with Gasteiger partial charge < -0.3 is 20.0 Å². The van der Waals surface area contributed by atoms with Crippen molar-refractivity contribution in [3.63, 3.8) is 0 Å². The lowest BCUT2D eigenvalue weighted by Gasteiger charge is -2.14. The number of hydrogen-bond donors (Lipinski definition) is 2. The smallest absolute Gasteiger partial charge is 0.299 e. The molecule has 2 aromatic carbocycles. The normalized spacial score (nSPS) is 10.9. The van der Waals surface area contributed by atoms with E-state index in [2.05, 4.69) is 33.9 Å². The summed E-state index contributed by atoms with van der Waals surface area (Å²) in [4.78, 5) is 22.9. The summed E-state index contributed by atoms with van der Waals surface area (Å²) in [6.45, 7) is 13.8. The number of oxazole rings is 1. The molecule has 1 amide bonds. The maximum atomic E-state index is 12.7. The van der Waals surface area contributed by atoms with Crippen LogP contribution in [0.5, 0.6) is 0 Å². The number of aryl methyl sites for hydroxylation is 1. The van der Waals surface area contributed by atoms with Gasteiger partial charge in [-0.3, -0.25) is 9.79 Å². The molecule has 1 aromatic heterocycles. The number of rotatable bonds is 9. The van der Waals surface area contributed by atoms with Gasteiger partial charge in [-0.15, -0.1) is 6.58 Å². The Balaban J connectivity index is 0.00000187. The van der Waals surface area contributed by atoms with Crippen LogP contribution in [0.2, 0.25) is 0 Å². The maximum Gasteiger partial charge on any atom is 0.299 e.